The van der Waals surface area contributed by atoms with E-state index in [2.05, 4.69) is 21.8 Å². The van der Waals surface area contributed by atoms with Crippen molar-refractivity contribution >= 4 is 5.91 Å². The fourth-order valence-electron chi connectivity index (χ4n) is 4.15. The van der Waals surface area contributed by atoms with Gasteiger partial charge in [0.05, 0.1) is 18.2 Å². The van der Waals surface area contributed by atoms with Crippen molar-refractivity contribution in [3.05, 3.63) is 47.3 Å². The van der Waals surface area contributed by atoms with E-state index in [1.54, 1.807) is 4.68 Å². The normalized spacial score (nSPS) is 24.0. The number of aromatic nitrogens is 2. The SMILES string of the molecule is Cc1ccc(CNC(=O)[C@H]2CNC[C@@H]2c2cnn(C)c2)c(OCC2CCCO2)c1. The van der Waals surface area contributed by atoms with E-state index < -0.39 is 0 Å². The maximum atomic E-state index is 12.9. The molecule has 156 valence electrons. The van der Waals surface area contributed by atoms with Crippen LogP contribution < -0.4 is 15.4 Å². The lowest BCUT2D eigenvalue weighted by Gasteiger charge is -2.19. The van der Waals surface area contributed by atoms with Gasteiger partial charge < -0.3 is 20.1 Å². The van der Waals surface area contributed by atoms with Crippen LogP contribution in [0.25, 0.3) is 0 Å². The summed E-state index contributed by atoms with van der Waals surface area (Å²) in [7, 11) is 1.90. The zero-order chi connectivity index (χ0) is 20.2. The molecule has 7 heteroatoms. The molecule has 0 aliphatic carbocycles. The molecule has 1 aromatic heterocycles. The van der Waals surface area contributed by atoms with Gasteiger partial charge >= 0.3 is 0 Å². The smallest absolute Gasteiger partial charge is 0.225 e. The standard InChI is InChI=1S/C22H30N4O3/c1-15-5-6-16(21(8-15)29-14-18-4-3-7-28-18)9-24-22(27)20-12-23-11-19(20)17-10-25-26(2)13-17/h5-6,8,10,13,18-20,23H,3-4,7,9,11-12,14H2,1-2H3,(H,24,27)/t18?,19-,20+/m1/s1. The third kappa shape index (κ3) is 4.79. The van der Waals surface area contributed by atoms with Crippen LogP contribution in [0.3, 0.4) is 0 Å². The maximum absolute atomic E-state index is 12.9. The van der Waals surface area contributed by atoms with Gasteiger partial charge in [-0.25, -0.2) is 0 Å². The molecule has 3 heterocycles. The number of nitrogens with zero attached hydrogens (tertiary/aromatic N) is 2. The highest BCUT2D eigenvalue weighted by Gasteiger charge is 2.34. The van der Waals surface area contributed by atoms with Gasteiger partial charge in [0.25, 0.3) is 0 Å². The van der Waals surface area contributed by atoms with E-state index in [4.69, 9.17) is 9.47 Å². The average Bonchev–Trinajstić information content (AvgIpc) is 3.46. The third-order valence-electron chi connectivity index (χ3n) is 5.83. The number of benzene rings is 1. The summed E-state index contributed by atoms with van der Waals surface area (Å²) in [5.41, 5.74) is 3.23. The Kier molecular flexibility index (Phi) is 6.16. The van der Waals surface area contributed by atoms with Crippen LogP contribution in [-0.4, -0.2) is 48.1 Å². The summed E-state index contributed by atoms with van der Waals surface area (Å²) in [6.07, 6.45) is 6.16. The molecule has 1 amide bonds. The van der Waals surface area contributed by atoms with Crippen LogP contribution >= 0.6 is 0 Å². The second-order valence-corrected chi connectivity index (χ2v) is 8.09. The molecule has 29 heavy (non-hydrogen) atoms. The van der Waals surface area contributed by atoms with E-state index >= 15 is 0 Å². The Labute approximate surface area is 171 Å². The quantitative estimate of drug-likeness (QED) is 0.745. The molecule has 0 spiro atoms. The zero-order valence-electron chi connectivity index (χ0n) is 17.2. The lowest BCUT2D eigenvalue weighted by atomic mass is 9.90. The second kappa shape index (κ2) is 8.97. The second-order valence-electron chi connectivity index (χ2n) is 8.09. The summed E-state index contributed by atoms with van der Waals surface area (Å²) in [6, 6.07) is 6.12. The average molecular weight is 399 g/mol. The van der Waals surface area contributed by atoms with Crippen LogP contribution in [0.15, 0.2) is 30.6 Å². The number of hydrogen-bond donors (Lipinski definition) is 2. The predicted molar refractivity (Wildman–Crippen MR) is 110 cm³/mol. The summed E-state index contributed by atoms with van der Waals surface area (Å²) < 4.78 is 13.5. The first kappa shape index (κ1) is 19.9. The monoisotopic (exact) mass is 398 g/mol. The minimum atomic E-state index is -0.0964. The first-order chi connectivity index (χ1) is 14.1. The molecule has 7 nitrogen and oxygen atoms in total. The number of ether oxygens (including phenoxy) is 2. The van der Waals surface area contributed by atoms with Crippen molar-refractivity contribution in [2.24, 2.45) is 13.0 Å². The van der Waals surface area contributed by atoms with Gasteiger partial charge in [-0.2, -0.15) is 5.10 Å². The van der Waals surface area contributed by atoms with Gasteiger partial charge in [-0.3, -0.25) is 9.48 Å². The molecule has 2 fully saturated rings. The molecule has 0 bridgehead atoms. The van der Waals surface area contributed by atoms with Gasteiger partial charge in [-0.15, -0.1) is 0 Å². The molecule has 1 unspecified atom stereocenters. The molecule has 3 atom stereocenters. The van der Waals surface area contributed by atoms with Crippen molar-refractivity contribution in [3.63, 3.8) is 0 Å². The molecular weight excluding hydrogens is 368 g/mol. The van der Waals surface area contributed by atoms with E-state index in [0.29, 0.717) is 19.7 Å². The molecule has 4 rings (SSSR count). The first-order valence-corrected chi connectivity index (χ1v) is 10.4. The van der Waals surface area contributed by atoms with E-state index in [1.165, 1.54) is 0 Å². The molecule has 0 radical (unpaired) electrons. The molecule has 2 aliphatic heterocycles. The Bertz CT molecular complexity index is 844. The van der Waals surface area contributed by atoms with Crippen LogP contribution in [0.5, 0.6) is 5.75 Å². The highest BCUT2D eigenvalue weighted by molar-refractivity contribution is 5.80. The molecule has 0 saturated carbocycles. The van der Waals surface area contributed by atoms with Gasteiger partial charge in [-0.1, -0.05) is 12.1 Å². The number of rotatable bonds is 7. The highest BCUT2D eigenvalue weighted by atomic mass is 16.5. The van der Waals surface area contributed by atoms with Gasteiger partial charge in [0, 0.05) is 51.0 Å². The summed E-state index contributed by atoms with van der Waals surface area (Å²) >= 11 is 0. The molecule has 1 aromatic carbocycles. The largest absolute Gasteiger partial charge is 0.491 e. The van der Waals surface area contributed by atoms with Crippen LogP contribution in [0, 0.1) is 12.8 Å². The fourth-order valence-corrected chi connectivity index (χ4v) is 4.15. The van der Waals surface area contributed by atoms with E-state index in [9.17, 15) is 4.79 Å². The molecule has 2 aliphatic rings. The Morgan fingerprint density at radius 2 is 2.31 bits per heavy atom. The van der Waals surface area contributed by atoms with Gasteiger partial charge in [0.2, 0.25) is 5.91 Å². The molecular formula is C22H30N4O3. The topological polar surface area (TPSA) is 77.4 Å². The van der Waals surface area contributed by atoms with Crippen molar-refractivity contribution in [2.75, 3.05) is 26.3 Å². The van der Waals surface area contributed by atoms with Crippen molar-refractivity contribution in [3.8, 4) is 5.75 Å². The minimum absolute atomic E-state index is 0.0644. The first-order valence-electron chi connectivity index (χ1n) is 10.4. The Morgan fingerprint density at radius 3 is 3.07 bits per heavy atom. The van der Waals surface area contributed by atoms with Gasteiger partial charge in [0.1, 0.15) is 12.4 Å². The Balaban J connectivity index is 1.38. The van der Waals surface area contributed by atoms with Crippen LogP contribution in [0.2, 0.25) is 0 Å². The highest BCUT2D eigenvalue weighted by Crippen LogP contribution is 2.28. The van der Waals surface area contributed by atoms with Crippen molar-refractivity contribution in [1.82, 2.24) is 20.4 Å². The van der Waals surface area contributed by atoms with E-state index in [1.807, 2.05) is 38.5 Å². The van der Waals surface area contributed by atoms with Gasteiger partial charge in [-0.05, 0) is 37.0 Å². The summed E-state index contributed by atoms with van der Waals surface area (Å²) in [6.45, 7) is 5.35. The summed E-state index contributed by atoms with van der Waals surface area (Å²) in [4.78, 5) is 12.9. The van der Waals surface area contributed by atoms with Crippen molar-refractivity contribution in [1.29, 1.82) is 0 Å². The van der Waals surface area contributed by atoms with Crippen LogP contribution in [0.4, 0.5) is 0 Å². The molecule has 2 saturated heterocycles. The number of carbonyl (C=O) groups excluding carboxylic acids is 1. The third-order valence-corrected chi connectivity index (χ3v) is 5.83. The molecule has 2 N–H and O–H groups in total. The minimum Gasteiger partial charge on any atom is -0.491 e. The summed E-state index contributed by atoms with van der Waals surface area (Å²) in [5.74, 6) is 0.946. The van der Waals surface area contributed by atoms with Crippen LogP contribution in [0.1, 0.15) is 35.4 Å². The lowest BCUT2D eigenvalue weighted by Crippen LogP contribution is -2.34. The predicted octanol–water partition coefficient (Wildman–Crippen LogP) is 1.91. The van der Waals surface area contributed by atoms with E-state index in [0.717, 1.165) is 48.4 Å². The lowest BCUT2D eigenvalue weighted by molar-refractivity contribution is -0.125. The number of carbonyl (C=O) groups is 1. The van der Waals surface area contributed by atoms with E-state index in [-0.39, 0.29) is 23.8 Å². The number of nitrogens with one attached hydrogen (secondary N) is 2. The fraction of sp³-hybridized carbons (Fsp3) is 0.545. The Hall–Kier alpha value is -2.38. The number of hydrogen-bond acceptors (Lipinski definition) is 5. The van der Waals surface area contributed by atoms with Crippen LogP contribution in [-0.2, 0) is 23.1 Å². The van der Waals surface area contributed by atoms with Crippen molar-refractivity contribution in [2.45, 2.75) is 38.3 Å². The van der Waals surface area contributed by atoms with Crippen molar-refractivity contribution < 1.29 is 14.3 Å². The maximum Gasteiger partial charge on any atom is 0.225 e. The summed E-state index contributed by atoms with van der Waals surface area (Å²) in [5, 5.41) is 10.7. The molecule has 2 aromatic rings. The zero-order valence-corrected chi connectivity index (χ0v) is 17.2. The Morgan fingerprint density at radius 1 is 1.41 bits per heavy atom. The number of amides is 1. The van der Waals surface area contributed by atoms with Gasteiger partial charge in [0.15, 0.2) is 0 Å². The number of aryl methyl sites for hydroxylation is 2.